The molecule has 0 spiro atoms. The van der Waals surface area contributed by atoms with Crippen LogP contribution in [0.3, 0.4) is 0 Å². The van der Waals surface area contributed by atoms with Crippen molar-refractivity contribution in [1.82, 2.24) is 5.32 Å². The van der Waals surface area contributed by atoms with Gasteiger partial charge in [-0.25, -0.2) is 0 Å². The molecule has 0 saturated heterocycles. The van der Waals surface area contributed by atoms with Crippen LogP contribution in [0.15, 0.2) is 41.0 Å². The summed E-state index contributed by atoms with van der Waals surface area (Å²) in [5.41, 5.74) is 3.94. The van der Waals surface area contributed by atoms with Crippen molar-refractivity contribution in [2.75, 3.05) is 0 Å². The summed E-state index contributed by atoms with van der Waals surface area (Å²) in [5.74, 6) is 0.978. The standard InChI is InChI=1S/C16H21NO/c1-11-8-12(2)10-15(9-11)13(3)17-14(4)16-6-5-7-18-16/h5-10,13-14,17H,1-4H3. The number of furan rings is 1. The van der Waals surface area contributed by atoms with Gasteiger partial charge < -0.3 is 9.73 Å². The first-order valence-electron chi connectivity index (χ1n) is 6.44. The molecule has 1 aromatic heterocycles. The van der Waals surface area contributed by atoms with Crippen LogP contribution in [-0.4, -0.2) is 0 Å². The molecule has 0 amide bonds. The number of aryl methyl sites for hydroxylation is 2. The predicted octanol–water partition coefficient (Wildman–Crippen LogP) is 4.31. The van der Waals surface area contributed by atoms with Crippen LogP contribution in [0, 0.1) is 13.8 Å². The molecule has 2 aromatic rings. The highest BCUT2D eigenvalue weighted by molar-refractivity contribution is 5.30. The molecule has 0 fully saturated rings. The molecule has 0 radical (unpaired) electrons. The Balaban J connectivity index is 2.09. The van der Waals surface area contributed by atoms with Gasteiger partial charge in [0.15, 0.2) is 0 Å². The highest BCUT2D eigenvalue weighted by Crippen LogP contribution is 2.21. The maximum atomic E-state index is 5.42. The fourth-order valence-electron chi connectivity index (χ4n) is 2.35. The summed E-state index contributed by atoms with van der Waals surface area (Å²) in [7, 11) is 0. The second kappa shape index (κ2) is 5.40. The zero-order valence-corrected chi connectivity index (χ0v) is 11.5. The zero-order chi connectivity index (χ0) is 13.1. The van der Waals surface area contributed by atoms with Crippen LogP contribution >= 0.6 is 0 Å². The molecular weight excluding hydrogens is 222 g/mol. The highest BCUT2D eigenvalue weighted by atomic mass is 16.3. The Morgan fingerprint density at radius 1 is 1.00 bits per heavy atom. The highest BCUT2D eigenvalue weighted by Gasteiger charge is 2.13. The summed E-state index contributed by atoms with van der Waals surface area (Å²) in [6.07, 6.45) is 1.72. The summed E-state index contributed by atoms with van der Waals surface area (Å²) >= 11 is 0. The van der Waals surface area contributed by atoms with Crippen LogP contribution in [0.1, 0.15) is 48.4 Å². The lowest BCUT2D eigenvalue weighted by molar-refractivity contribution is 0.403. The van der Waals surface area contributed by atoms with Crippen molar-refractivity contribution < 1.29 is 4.42 Å². The normalized spacial score (nSPS) is 14.4. The van der Waals surface area contributed by atoms with Gasteiger partial charge in [-0.1, -0.05) is 29.3 Å². The fourth-order valence-corrected chi connectivity index (χ4v) is 2.35. The Hall–Kier alpha value is -1.54. The quantitative estimate of drug-likeness (QED) is 0.865. The van der Waals surface area contributed by atoms with Gasteiger partial charge in [-0.05, 0) is 45.4 Å². The Labute approximate surface area is 109 Å². The molecule has 1 heterocycles. The lowest BCUT2D eigenvalue weighted by Gasteiger charge is -2.19. The van der Waals surface area contributed by atoms with Crippen LogP contribution < -0.4 is 5.32 Å². The number of hydrogen-bond donors (Lipinski definition) is 1. The minimum absolute atomic E-state index is 0.218. The lowest BCUT2D eigenvalue weighted by atomic mass is 10.0. The predicted molar refractivity (Wildman–Crippen MR) is 74.6 cm³/mol. The van der Waals surface area contributed by atoms with E-state index in [1.54, 1.807) is 6.26 Å². The van der Waals surface area contributed by atoms with Crippen LogP contribution in [0.4, 0.5) is 0 Å². The maximum absolute atomic E-state index is 5.42. The van der Waals surface area contributed by atoms with E-state index in [9.17, 15) is 0 Å². The minimum Gasteiger partial charge on any atom is -0.468 e. The molecule has 0 aliphatic heterocycles. The minimum atomic E-state index is 0.218. The number of rotatable bonds is 4. The van der Waals surface area contributed by atoms with Crippen LogP contribution in [0.25, 0.3) is 0 Å². The van der Waals surface area contributed by atoms with E-state index in [0.717, 1.165) is 5.76 Å². The second-order valence-electron chi connectivity index (χ2n) is 5.05. The van der Waals surface area contributed by atoms with Crippen molar-refractivity contribution in [3.05, 3.63) is 59.0 Å². The van der Waals surface area contributed by atoms with Crippen molar-refractivity contribution in [1.29, 1.82) is 0 Å². The number of hydrogen-bond acceptors (Lipinski definition) is 2. The molecule has 2 nitrogen and oxygen atoms in total. The summed E-state index contributed by atoms with van der Waals surface area (Å²) in [5, 5.41) is 3.56. The lowest BCUT2D eigenvalue weighted by Crippen LogP contribution is -2.22. The third kappa shape index (κ3) is 3.02. The molecule has 0 aliphatic rings. The summed E-state index contributed by atoms with van der Waals surface area (Å²) in [4.78, 5) is 0. The van der Waals surface area contributed by atoms with E-state index in [4.69, 9.17) is 4.42 Å². The molecule has 2 unspecified atom stereocenters. The average molecular weight is 243 g/mol. The van der Waals surface area contributed by atoms with Gasteiger partial charge in [-0.2, -0.15) is 0 Å². The Bertz CT molecular complexity index is 482. The Morgan fingerprint density at radius 3 is 2.22 bits per heavy atom. The molecule has 0 aliphatic carbocycles. The van der Waals surface area contributed by atoms with Crippen molar-refractivity contribution in [2.45, 2.75) is 39.8 Å². The van der Waals surface area contributed by atoms with E-state index >= 15 is 0 Å². The molecule has 96 valence electrons. The van der Waals surface area contributed by atoms with E-state index in [1.165, 1.54) is 16.7 Å². The van der Waals surface area contributed by atoms with Gasteiger partial charge in [-0.3, -0.25) is 0 Å². The maximum Gasteiger partial charge on any atom is 0.120 e. The van der Waals surface area contributed by atoms with E-state index < -0.39 is 0 Å². The zero-order valence-electron chi connectivity index (χ0n) is 11.5. The third-order valence-corrected chi connectivity index (χ3v) is 3.21. The van der Waals surface area contributed by atoms with Gasteiger partial charge in [0.25, 0.3) is 0 Å². The first kappa shape index (κ1) is 12.9. The summed E-state index contributed by atoms with van der Waals surface area (Å²) in [6, 6.07) is 11.1. The van der Waals surface area contributed by atoms with Crippen LogP contribution in [0.5, 0.6) is 0 Å². The molecule has 2 atom stereocenters. The van der Waals surface area contributed by atoms with Gasteiger partial charge in [0.2, 0.25) is 0 Å². The molecule has 2 rings (SSSR count). The SMILES string of the molecule is Cc1cc(C)cc(C(C)NC(C)c2ccco2)c1. The molecule has 1 aromatic carbocycles. The van der Waals surface area contributed by atoms with Gasteiger partial charge >= 0.3 is 0 Å². The first-order chi connectivity index (χ1) is 8.56. The van der Waals surface area contributed by atoms with Gasteiger partial charge in [-0.15, -0.1) is 0 Å². The van der Waals surface area contributed by atoms with E-state index in [2.05, 4.69) is 51.2 Å². The summed E-state index contributed by atoms with van der Waals surface area (Å²) in [6.45, 7) is 8.59. The third-order valence-electron chi connectivity index (χ3n) is 3.21. The summed E-state index contributed by atoms with van der Waals surface area (Å²) < 4.78 is 5.42. The monoisotopic (exact) mass is 243 g/mol. The van der Waals surface area contributed by atoms with Crippen LogP contribution in [0.2, 0.25) is 0 Å². The molecule has 2 heteroatoms. The topological polar surface area (TPSA) is 25.2 Å². The van der Waals surface area contributed by atoms with Crippen molar-refractivity contribution in [3.8, 4) is 0 Å². The van der Waals surface area contributed by atoms with Crippen molar-refractivity contribution in [3.63, 3.8) is 0 Å². The fraction of sp³-hybridized carbons (Fsp3) is 0.375. The number of nitrogens with one attached hydrogen (secondary N) is 1. The van der Waals surface area contributed by atoms with E-state index in [0.29, 0.717) is 6.04 Å². The molecule has 0 saturated carbocycles. The van der Waals surface area contributed by atoms with Crippen molar-refractivity contribution >= 4 is 0 Å². The van der Waals surface area contributed by atoms with Gasteiger partial charge in [0.05, 0.1) is 12.3 Å². The first-order valence-corrected chi connectivity index (χ1v) is 6.44. The van der Waals surface area contributed by atoms with Gasteiger partial charge in [0, 0.05) is 6.04 Å². The van der Waals surface area contributed by atoms with E-state index in [-0.39, 0.29) is 6.04 Å². The van der Waals surface area contributed by atoms with Crippen molar-refractivity contribution in [2.24, 2.45) is 0 Å². The number of benzene rings is 1. The van der Waals surface area contributed by atoms with Gasteiger partial charge in [0.1, 0.15) is 5.76 Å². The van der Waals surface area contributed by atoms with E-state index in [1.807, 2.05) is 12.1 Å². The average Bonchev–Trinajstić information content (AvgIpc) is 2.80. The largest absolute Gasteiger partial charge is 0.468 e. The Morgan fingerprint density at radius 2 is 1.67 bits per heavy atom. The smallest absolute Gasteiger partial charge is 0.120 e. The molecule has 18 heavy (non-hydrogen) atoms. The Kier molecular flexibility index (Phi) is 3.87. The second-order valence-corrected chi connectivity index (χ2v) is 5.05. The molecule has 0 bridgehead atoms. The van der Waals surface area contributed by atoms with Crippen LogP contribution in [-0.2, 0) is 0 Å². The molecular formula is C16H21NO. The molecule has 1 N–H and O–H groups in total.